The summed E-state index contributed by atoms with van der Waals surface area (Å²) >= 11 is 6.52. The number of hydrogen-bond donors (Lipinski definition) is 2. The van der Waals surface area contributed by atoms with Crippen molar-refractivity contribution in [3.05, 3.63) is 73.3 Å². The highest BCUT2D eigenvalue weighted by molar-refractivity contribution is 6.31. The normalized spacial score (nSPS) is 15.9. The van der Waals surface area contributed by atoms with Crippen molar-refractivity contribution in [2.45, 2.75) is 66.0 Å². The molecule has 1 amide bonds. The van der Waals surface area contributed by atoms with Gasteiger partial charge in [-0.15, -0.1) is 0 Å². The first-order valence-corrected chi connectivity index (χ1v) is 12.5. The van der Waals surface area contributed by atoms with Gasteiger partial charge in [0.1, 0.15) is 0 Å². The third kappa shape index (κ3) is 5.73. The number of anilines is 1. The molecule has 1 atom stereocenters. The average molecular weight is 485 g/mol. The quantitative estimate of drug-likeness (QED) is 0.555. The number of allylic oxidation sites excluding steroid dienone is 1. The van der Waals surface area contributed by atoms with E-state index >= 15 is 0 Å². The Morgan fingerprint density at radius 3 is 2.47 bits per heavy atom. The first kappa shape index (κ1) is 26.0. The molecule has 0 spiro atoms. The number of rotatable bonds is 8. The highest BCUT2D eigenvalue weighted by Gasteiger charge is 2.24. The summed E-state index contributed by atoms with van der Waals surface area (Å²) in [7, 11) is 4.26. The molecule has 1 aliphatic rings. The molecule has 0 fully saturated rings. The summed E-state index contributed by atoms with van der Waals surface area (Å²) in [4.78, 5) is 33.0. The number of aryl methyl sites for hydroxylation is 2. The number of hydrogen-bond acceptors (Lipinski definition) is 4. The number of aromatic amines is 1. The number of nitrogens with zero attached hydrogens (tertiary/aromatic N) is 2. The molecule has 1 aliphatic carbocycles. The van der Waals surface area contributed by atoms with Crippen LogP contribution in [0.3, 0.4) is 0 Å². The van der Waals surface area contributed by atoms with E-state index in [2.05, 4.69) is 54.1 Å². The summed E-state index contributed by atoms with van der Waals surface area (Å²) in [5, 5.41) is 3.47. The Morgan fingerprint density at radius 1 is 1.18 bits per heavy atom. The van der Waals surface area contributed by atoms with E-state index in [1.165, 1.54) is 5.70 Å². The summed E-state index contributed by atoms with van der Waals surface area (Å²) in [6.07, 6.45) is 6.13. The van der Waals surface area contributed by atoms with Crippen molar-refractivity contribution in [2.24, 2.45) is 0 Å². The molecule has 2 N–H and O–H groups in total. The van der Waals surface area contributed by atoms with Gasteiger partial charge in [-0.25, -0.2) is 0 Å². The van der Waals surface area contributed by atoms with Gasteiger partial charge < -0.3 is 20.1 Å². The molecule has 2 aromatic rings. The van der Waals surface area contributed by atoms with E-state index in [-0.39, 0.29) is 18.0 Å². The molecule has 7 heteroatoms. The lowest BCUT2D eigenvalue weighted by Gasteiger charge is -2.34. The monoisotopic (exact) mass is 484 g/mol. The number of amides is 1. The third-order valence-electron chi connectivity index (χ3n) is 6.75. The fourth-order valence-corrected chi connectivity index (χ4v) is 5.06. The molecule has 0 bridgehead atoms. The van der Waals surface area contributed by atoms with Crippen LogP contribution in [0.2, 0.25) is 5.02 Å². The SMILES string of the molecule is CCc1c(C(=O)NCc2c(C)cc(C)[nH]c2=O)cc(Cl)cc1N(CC)C1=CC[C@@H](N(C)C)CC1. The summed E-state index contributed by atoms with van der Waals surface area (Å²) < 4.78 is 0. The van der Waals surface area contributed by atoms with Crippen LogP contribution in [0.5, 0.6) is 0 Å². The molecule has 3 rings (SSSR count). The molecule has 0 saturated carbocycles. The van der Waals surface area contributed by atoms with Crippen molar-refractivity contribution in [3.63, 3.8) is 0 Å². The van der Waals surface area contributed by atoms with Gasteiger partial charge in [0.05, 0.1) is 0 Å². The summed E-state index contributed by atoms with van der Waals surface area (Å²) in [5.41, 5.74) is 5.86. The molecule has 6 nitrogen and oxygen atoms in total. The van der Waals surface area contributed by atoms with E-state index in [1.807, 2.05) is 26.0 Å². The Kier molecular flexibility index (Phi) is 8.61. The van der Waals surface area contributed by atoms with Crippen LogP contribution in [-0.4, -0.2) is 42.5 Å². The predicted octanol–water partition coefficient (Wildman–Crippen LogP) is 4.96. The van der Waals surface area contributed by atoms with Gasteiger partial charge in [0.15, 0.2) is 0 Å². The number of benzene rings is 1. The van der Waals surface area contributed by atoms with Gasteiger partial charge in [0.2, 0.25) is 0 Å². The molecule has 0 unspecified atom stereocenters. The molecule has 0 aliphatic heterocycles. The molecule has 34 heavy (non-hydrogen) atoms. The first-order valence-electron chi connectivity index (χ1n) is 12.1. The molecule has 1 aromatic heterocycles. The Balaban J connectivity index is 1.91. The molecular weight excluding hydrogens is 448 g/mol. The minimum atomic E-state index is -0.221. The van der Waals surface area contributed by atoms with Gasteiger partial charge in [-0.1, -0.05) is 24.6 Å². The first-order chi connectivity index (χ1) is 16.2. The Labute approximate surface area is 208 Å². The lowest BCUT2D eigenvalue weighted by Crippen LogP contribution is -2.33. The zero-order valence-corrected chi connectivity index (χ0v) is 22.0. The number of carbonyl (C=O) groups is 1. The molecule has 0 saturated heterocycles. The zero-order chi connectivity index (χ0) is 25.0. The zero-order valence-electron chi connectivity index (χ0n) is 21.2. The van der Waals surface area contributed by atoms with E-state index in [1.54, 1.807) is 6.07 Å². The van der Waals surface area contributed by atoms with Crippen molar-refractivity contribution >= 4 is 23.2 Å². The molecular formula is C27H37ClN4O2. The highest BCUT2D eigenvalue weighted by Crippen LogP contribution is 2.34. The maximum atomic E-state index is 13.3. The van der Waals surface area contributed by atoms with Gasteiger partial charge in [0, 0.05) is 52.4 Å². The minimum absolute atomic E-state index is 0.167. The van der Waals surface area contributed by atoms with Gasteiger partial charge in [-0.3, -0.25) is 9.59 Å². The Bertz CT molecular complexity index is 1140. The second-order valence-corrected chi connectivity index (χ2v) is 9.70. The van der Waals surface area contributed by atoms with Crippen molar-refractivity contribution < 1.29 is 4.79 Å². The summed E-state index contributed by atoms with van der Waals surface area (Å²) in [6.45, 7) is 8.88. The molecule has 1 heterocycles. The molecule has 0 radical (unpaired) electrons. The van der Waals surface area contributed by atoms with Crippen molar-refractivity contribution in [2.75, 3.05) is 25.5 Å². The van der Waals surface area contributed by atoms with Crippen molar-refractivity contribution in [1.29, 1.82) is 0 Å². The van der Waals surface area contributed by atoms with E-state index in [0.29, 0.717) is 28.6 Å². The van der Waals surface area contributed by atoms with Crippen molar-refractivity contribution in [1.82, 2.24) is 15.2 Å². The standard InChI is InChI=1S/C27H37ClN4O2/c1-7-22-23(26(33)29-16-24-17(3)13-18(4)30-27(24)34)14-19(28)15-25(22)32(8-2)21-11-9-20(10-12-21)31(5)6/h11,13-15,20H,7-10,12,16H2,1-6H3,(H,29,33)(H,30,34)/t20-/m1/s1. The molecule has 1 aromatic carbocycles. The van der Waals surface area contributed by atoms with Crippen molar-refractivity contribution in [3.8, 4) is 0 Å². The van der Waals surface area contributed by atoms with Crippen LogP contribution in [0.1, 0.15) is 65.9 Å². The maximum absolute atomic E-state index is 13.3. The van der Waals surface area contributed by atoms with E-state index in [9.17, 15) is 9.59 Å². The van der Waals surface area contributed by atoms with E-state index in [0.717, 1.165) is 48.3 Å². The van der Waals surface area contributed by atoms with Gasteiger partial charge in [-0.2, -0.15) is 0 Å². The lowest BCUT2D eigenvalue weighted by molar-refractivity contribution is 0.0950. The van der Waals surface area contributed by atoms with Crippen LogP contribution in [0, 0.1) is 13.8 Å². The number of nitrogens with one attached hydrogen (secondary N) is 2. The topological polar surface area (TPSA) is 68.4 Å². The van der Waals surface area contributed by atoms with Crippen LogP contribution in [0.15, 0.2) is 34.8 Å². The van der Waals surface area contributed by atoms with Crippen LogP contribution >= 0.6 is 11.6 Å². The summed E-state index contributed by atoms with van der Waals surface area (Å²) in [6, 6.07) is 6.17. The third-order valence-corrected chi connectivity index (χ3v) is 6.97. The number of H-pyrrole nitrogens is 1. The number of halogens is 1. The smallest absolute Gasteiger partial charge is 0.253 e. The molecule has 184 valence electrons. The average Bonchev–Trinajstić information content (AvgIpc) is 2.78. The highest BCUT2D eigenvalue weighted by atomic mass is 35.5. The number of pyridine rings is 1. The van der Waals surface area contributed by atoms with E-state index < -0.39 is 0 Å². The van der Waals surface area contributed by atoms with Crippen LogP contribution < -0.4 is 15.8 Å². The lowest BCUT2D eigenvalue weighted by atomic mass is 9.95. The Hall–Kier alpha value is -2.57. The van der Waals surface area contributed by atoms with Crippen LogP contribution in [0.25, 0.3) is 0 Å². The van der Waals surface area contributed by atoms with Gasteiger partial charge in [-0.05, 0) is 89.9 Å². The number of carbonyl (C=O) groups excluding carboxylic acids is 1. The second-order valence-electron chi connectivity index (χ2n) is 9.26. The van der Waals surface area contributed by atoms with Gasteiger partial charge in [0.25, 0.3) is 11.5 Å². The van der Waals surface area contributed by atoms with E-state index in [4.69, 9.17) is 11.6 Å². The number of aromatic nitrogens is 1. The van der Waals surface area contributed by atoms with Gasteiger partial charge >= 0.3 is 0 Å². The fraction of sp³-hybridized carbons (Fsp3) is 0.481. The van der Waals surface area contributed by atoms with Crippen LogP contribution in [-0.2, 0) is 13.0 Å². The second kappa shape index (κ2) is 11.2. The maximum Gasteiger partial charge on any atom is 0.253 e. The summed E-state index contributed by atoms with van der Waals surface area (Å²) in [5.74, 6) is -0.221. The minimum Gasteiger partial charge on any atom is -0.348 e. The Morgan fingerprint density at radius 2 is 1.91 bits per heavy atom. The van der Waals surface area contributed by atoms with Crippen LogP contribution in [0.4, 0.5) is 5.69 Å². The fourth-order valence-electron chi connectivity index (χ4n) is 4.85. The largest absolute Gasteiger partial charge is 0.348 e. The predicted molar refractivity (Wildman–Crippen MR) is 141 cm³/mol.